The molecule has 166 valence electrons. The Kier molecular flexibility index (Phi) is 8.96. The number of methoxy groups -OCH3 is 5. The number of carbonyl (C=O) groups excluding carboxylic acids is 1. The summed E-state index contributed by atoms with van der Waals surface area (Å²) in [6, 6.07) is 8.77. The number of ketones is 1. The van der Waals surface area contributed by atoms with Crippen LogP contribution in [0, 0.1) is 0 Å². The number of hydrogen-bond acceptors (Lipinski definition) is 7. The minimum atomic E-state index is -0.958. The van der Waals surface area contributed by atoms with Crippen LogP contribution in [0.5, 0.6) is 28.7 Å². The van der Waals surface area contributed by atoms with Gasteiger partial charge in [-0.2, -0.15) is 0 Å². The minimum Gasteiger partial charge on any atom is -0.496 e. The molecule has 31 heavy (non-hydrogen) atoms. The lowest BCUT2D eigenvalue weighted by atomic mass is 10.1. The molecule has 0 spiro atoms. The molecule has 0 aromatic heterocycles. The summed E-state index contributed by atoms with van der Waals surface area (Å²) in [5.41, 5.74) is 1.47. The number of benzene rings is 2. The number of aliphatic hydroxyl groups is 1. The zero-order valence-corrected chi connectivity index (χ0v) is 18.4. The fourth-order valence-corrected chi connectivity index (χ4v) is 2.89. The van der Waals surface area contributed by atoms with Gasteiger partial charge in [0.25, 0.3) is 0 Å². The molecule has 0 aliphatic heterocycles. The Balaban J connectivity index is 2.05. The van der Waals surface area contributed by atoms with Crippen molar-refractivity contribution in [2.24, 2.45) is 0 Å². The number of rotatable bonds is 11. The van der Waals surface area contributed by atoms with Crippen LogP contribution in [0.15, 0.2) is 42.5 Å². The van der Waals surface area contributed by atoms with Gasteiger partial charge in [0.05, 0.1) is 41.7 Å². The van der Waals surface area contributed by atoms with Crippen LogP contribution in [0.25, 0.3) is 12.2 Å². The van der Waals surface area contributed by atoms with E-state index in [0.717, 1.165) is 5.56 Å². The van der Waals surface area contributed by atoms with Gasteiger partial charge in [-0.3, -0.25) is 4.79 Å². The Morgan fingerprint density at radius 2 is 1.39 bits per heavy atom. The predicted molar refractivity (Wildman–Crippen MR) is 119 cm³/mol. The lowest BCUT2D eigenvalue weighted by Gasteiger charge is -2.12. The maximum atomic E-state index is 12.2. The molecular weight excluding hydrogens is 400 g/mol. The van der Waals surface area contributed by atoms with Crippen molar-refractivity contribution >= 4 is 17.9 Å². The molecule has 0 saturated carbocycles. The molecule has 1 atom stereocenters. The fraction of sp³-hybridized carbons (Fsp3) is 0.292. The third kappa shape index (κ3) is 6.52. The van der Waals surface area contributed by atoms with E-state index in [-0.39, 0.29) is 12.2 Å². The number of hydrogen-bond donors (Lipinski definition) is 1. The van der Waals surface area contributed by atoms with E-state index < -0.39 is 6.10 Å². The largest absolute Gasteiger partial charge is 0.496 e. The molecule has 7 heteroatoms. The van der Waals surface area contributed by atoms with E-state index in [1.165, 1.54) is 33.5 Å². The Hall–Kier alpha value is -3.45. The van der Waals surface area contributed by atoms with Gasteiger partial charge in [-0.1, -0.05) is 24.3 Å². The summed E-state index contributed by atoms with van der Waals surface area (Å²) >= 11 is 0. The second-order valence-corrected chi connectivity index (χ2v) is 6.49. The summed E-state index contributed by atoms with van der Waals surface area (Å²) < 4.78 is 26.4. The Bertz CT molecular complexity index is 947. The van der Waals surface area contributed by atoms with Crippen molar-refractivity contribution in [1.82, 2.24) is 0 Å². The van der Waals surface area contributed by atoms with Crippen molar-refractivity contribution in [3.05, 3.63) is 53.6 Å². The standard InChI is InChI=1S/C24H28O7/c1-27-20-11-7-16(12-22(20)29-3)6-9-18(25)14-19(26)10-8-17-13-23(30-4)24(31-5)15-21(17)28-2/h6-13,15,19,26H,14H2,1-5H3/b9-6+,10-8+. The summed E-state index contributed by atoms with van der Waals surface area (Å²) in [6.45, 7) is 0. The zero-order chi connectivity index (χ0) is 22.8. The first-order chi connectivity index (χ1) is 14.9. The average Bonchev–Trinajstić information content (AvgIpc) is 2.80. The molecule has 0 bridgehead atoms. The number of ether oxygens (including phenoxy) is 5. The van der Waals surface area contributed by atoms with Gasteiger partial charge in [0, 0.05) is 18.1 Å². The minimum absolute atomic E-state index is 0.0596. The third-order valence-electron chi connectivity index (χ3n) is 4.51. The van der Waals surface area contributed by atoms with Gasteiger partial charge >= 0.3 is 0 Å². The van der Waals surface area contributed by atoms with Gasteiger partial charge in [0.2, 0.25) is 0 Å². The fourth-order valence-electron chi connectivity index (χ4n) is 2.89. The molecular formula is C24H28O7. The smallest absolute Gasteiger partial charge is 0.164 e. The topological polar surface area (TPSA) is 83.5 Å². The van der Waals surface area contributed by atoms with E-state index in [9.17, 15) is 9.90 Å². The van der Waals surface area contributed by atoms with Crippen molar-refractivity contribution in [1.29, 1.82) is 0 Å². The van der Waals surface area contributed by atoms with Crippen LogP contribution in [0.3, 0.4) is 0 Å². The molecule has 2 rings (SSSR count). The van der Waals surface area contributed by atoms with Crippen LogP contribution in [0.1, 0.15) is 17.5 Å². The molecule has 1 unspecified atom stereocenters. The Labute approximate surface area is 182 Å². The van der Waals surface area contributed by atoms with Crippen molar-refractivity contribution < 1.29 is 33.6 Å². The molecule has 0 aliphatic rings. The summed E-state index contributed by atoms with van der Waals surface area (Å²) in [6.07, 6.45) is 5.28. The first-order valence-corrected chi connectivity index (χ1v) is 9.54. The first kappa shape index (κ1) is 23.8. The maximum Gasteiger partial charge on any atom is 0.164 e. The van der Waals surface area contributed by atoms with Crippen molar-refractivity contribution in [3.63, 3.8) is 0 Å². The van der Waals surface area contributed by atoms with Gasteiger partial charge in [-0.25, -0.2) is 0 Å². The highest BCUT2D eigenvalue weighted by Crippen LogP contribution is 2.35. The summed E-state index contributed by atoms with van der Waals surface area (Å²) in [5.74, 6) is 2.59. The van der Waals surface area contributed by atoms with E-state index in [0.29, 0.717) is 34.3 Å². The van der Waals surface area contributed by atoms with Crippen LogP contribution in [-0.2, 0) is 4.79 Å². The van der Waals surface area contributed by atoms with Crippen LogP contribution in [0.4, 0.5) is 0 Å². The second kappa shape index (κ2) is 11.7. The normalized spacial score (nSPS) is 12.1. The Morgan fingerprint density at radius 1 is 0.806 bits per heavy atom. The van der Waals surface area contributed by atoms with Gasteiger partial charge in [-0.05, 0) is 29.8 Å². The van der Waals surface area contributed by atoms with Crippen molar-refractivity contribution in [3.8, 4) is 28.7 Å². The van der Waals surface area contributed by atoms with Gasteiger partial charge in [0.15, 0.2) is 28.8 Å². The highest BCUT2D eigenvalue weighted by molar-refractivity contribution is 5.94. The van der Waals surface area contributed by atoms with E-state index in [1.54, 1.807) is 50.6 Å². The lowest BCUT2D eigenvalue weighted by molar-refractivity contribution is -0.115. The molecule has 2 aromatic carbocycles. The van der Waals surface area contributed by atoms with Gasteiger partial charge in [0.1, 0.15) is 5.75 Å². The van der Waals surface area contributed by atoms with Crippen LogP contribution in [-0.4, -0.2) is 52.5 Å². The van der Waals surface area contributed by atoms with E-state index >= 15 is 0 Å². The van der Waals surface area contributed by atoms with Crippen molar-refractivity contribution in [2.75, 3.05) is 35.5 Å². The third-order valence-corrected chi connectivity index (χ3v) is 4.51. The monoisotopic (exact) mass is 428 g/mol. The molecule has 0 heterocycles. The highest BCUT2D eigenvalue weighted by Gasteiger charge is 2.11. The first-order valence-electron chi connectivity index (χ1n) is 9.54. The highest BCUT2D eigenvalue weighted by atomic mass is 16.5. The van der Waals surface area contributed by atoms with E-state index in [4.69, 9.17) is 23.7 Å². The molecule has 7 nitrogen and oxygen atoms in total. The molecule has 0 saturated heterocycles. The number of carbonyl (C=O) groups is 1. The molecule has 2 aromatic rings. The SMILES string of the molecule is COc1cc(OC)c(OC)cc1/C=C/C(O)CC(=O)/C=C/c1ccc(OC)c(OC)c1. The van der Waals surface area contributed by atoms with Crippen LogP contribution < -0.4 is 23.7 Å². The summed E-state index contributed by atoms with van der Waals surface area (Å²) in [5, 5.41) is 10.2. The summed E-state index contributed by atoms with van der Waals surface area (Å²) in [7, 11) is 7.72. The predicted octanol–water partition coefficient (Wildman–Crippen LogP) is 3.78. The molecule has 0 aliphatic carbocycles. The van der Waals surface area contributed by atoms with E-state index in [2.05, 4.69) is 0 Å². The van der Waals surface area contributed by atoms with E-state index in [1.807, 2.05) is 6.07 Å². The maximum absolute atomic E-state index is 12.2. The average molecular weight is 428 g/mol. The quantitative estimate of drug-likeness (QED) is 0.546. The van der Waals surface area contributed by atoms with Crippen LogP contribution in [0.2, 0.25) is 0 Å². The van der Waals surface area contributed by atoms with Gasteiger partial charge < -0.3 is 28.8 Å². The van der Waals surface area contributed by atoms with Gasteiger partial charge in [-0.15, -0.1) is 0 Å². The van der Waals surface area contributed by atoms with Crippen molar-refractivity contribution in [2.45, 2.75) is 12.5 Å². The second-order valence-electron chi connectivity index (χ2n) is 6.49. The number of aliphatic hydroxyl groups excluding tert-OH is 1. The number of allylic oxidation sites excluding steroid dienone is 1. The summed E-state index contributed by atoms with van der Waals surface area (Å²) in [4.78, 5) is 12.2. The van der Waals surface area contributed by atoms with Crippen LogP contribution >= 0.6 is 0 Å². The molecule has 0 amide bonds. The Morgan fingerprint density at radius 3 is 2.00 bits per heavy atom. The molecule has 0 fully saturated rings. The molecule has 0 radical (unpaired) electrons. The zero-order valence-electron chi connectivity index (χ0n) is 18.4. The molecule has 1 N–H and O–H groups in total. The lowest BCUT2D eigenvalue weighted by Crippen LogP contribution is -2.08.